The monoisotopic (exact) mass is 350 g/mol. The van der Waals surface area contributed by atoms with Crippen LogP contribution in [0.5, 0.6) is 0 Å². The maximum Gasteiger partial charge on any atom is 0.410 e. The van der Waals surface area contributed by atoms with Gasteiger partial charge in [-0.2, -0.15) is 5.10 Å². The van der Waals surface area contributed by atoms with Crippen molar-refractivity contribution in [1.29, 1.82) is 0 Å². The zero-order valence-corrected chi connectivity index (χ0v) is 15.2. The summed E-state index contributed by atoms with van der Waals surface area (Å²) < 4.78 is 7.22. The molecule has 0 bridgehead atoms. The van der Waals surface area contributed by atoms with Crippen LogP contribution in [0, 0.1) is 5.92 Å². The van der Waals surface area contributed by atoms with E-state index in [1.54, 1.807) is 21.5 Å². The molecule has 1 N–H and O–H groups in total. The summed E-state index contributed by atoms with van der Waals surface area (Å²) in [7, 11) is 3.56. The van der Waals surface area contributed by atoms with Crippen LogP contribution < -0.4 is 5.32 Å². The van der Waals surface area contributed by atoms with Gasteiger partial charge in [-0.15, -0.1) is 0 Å². The highest BCUT2D eigenvalue weighted by atomic mass is 16.6. The van der Waals surface area contributed by atoms with Gasteiger partial charge in [-0.25, -0.2) is 14.6 Å². The molecule has 0 saturated carbocycles. The number of carbonyl (C=O) groups is 2. The van der Waals surface area contributed by atoms with Crippen LogP contribution in [0.15, 0.2) is 6.33 Å². The number of urea groups is 1. The Bertz CT molecular complexity index is 650. The first kappa shape index (κ1) is 17.5. The second kappa shape index (κ2) is 6.53. The van der Waals surface area contributed by atoms with Crippen molar-refractivity contribution < 1.29 is 14.3 Å². The minimum absolute atomic E-state index is 0.116. The lowest BCUT2D eigenvalue weighted by Crippen LogP contribution is -2.52. The van der Waals surface area contributed by atoms with Crippen LogP contribution in [-0.4, -0.2) is 69.0 Å². The van der Waals surface area contributed by atoms with Crippen LogP contribution in [0.25, 0.3) is 0 Å². The number of hydrogen-bond donors (Lipinski definition) is 1. The smallest absolute Gasteiger partial charge is 0.410 e. The molecule has 9 nitrogen and oxygen atoms in total. The van der Waals surface area contributed by atoms with E-state index in [0.29, 0.717) is 32.5 Å². The highest BCUT2D eigenvalue weighted by Crippen LogP contribution is 2.32. The van der Waals surface area contributed by atoms with Crippen molar-refractivity contribution in [2.45, 2.75) is 38.3 Å². The molecule has 1 spiro atoms. The molecule has 2 fully saturated rings. The summed E-state index contributed by atoms with van der Waals surface area (Å²) in [6.07, 6.45) is 2.53. The molecule has 25 heavy (non-hydrogen) atoms. The Balaban J connectivity index is 1.61. The molecule has 0 aliphatic carbocycles. The van der Waals surface area contributed by atoms with Gasteiger partial charge in [-0.1, -0.05) is 13.8 Å². The zero-order chi connectivity index (χ0) is 18.2. The molecule has 1 aromatic rings. The van der Waals surface area contributed by atoms with Gasteiger partial charge in [0.05, 0.1) is 12.6 Å². The van der Waals surface area contributed by atoms with Crippen molar-refractivity contribution in [1.82, 2.24) is 29.9 Å². The second-order valence-electron chi connectivity index (χ2n) is 7.31. The molecule has 138 valence electrons. The van der Waals surface area contributed by atoms with E-state index in [4.69, 9.17) is 4.74 Å². The summed E-state index contributed by atoms with van der Waals surface area (Å²) in [5.41, 5.74) is -0.441. The highest BCUT2D eigenvalue weighted by molar-refractivity contribution is 5.75. The van der Waals surface area contributed by atoms with Crippen molar-refractivity contribution in [3.05, 3.63) is 12.2 Å². The van der Waals surface area contributed by atoms with Crippen LogP contribution in [0.2, 0.25) is 0 Å². The van der Waals surface area contributed by atoms with E-state index >= 15 is 0 Å². The Morgan fingerprint density at radius 2 is 2.00 bits per heavy atom. The minimum Gasteiger partial charge on any atom is -0.441 e. The number of hydrogen-bond acceptors (Lipinski definition) is 5. The molecule has 2 aliphatic rings. The number of nitrogens with zero attached hydrogens (tertiary/aromatic N) is 5. The number of carbonyl (C=O) groups excluding carboxylic acids is 2. The van der Waals surface area contributed by atoms with Gasteiger partial charge in [0.2, 0.25) is 0 Å². The number of ether oxygens (including phenoxy) is 1. The lowest BCUT2D eigenvalue weighted by molar-refractivity contribution is 0.00923. The number of nitrogens with one attached hydrogen (secondary N) is 1. The average Bonchev–Trinajstić information content (AvgIpc) is 3.09. The molecule has 0 radical (unpaired) electrons. The third kappa shape index (κ3) is 3.40. The Kier molecular flexibility index (Phi) is 4.57. The lowest BCUT2D eigenvalue weighted by atomic mass is 9.91. The largest absolute Gasteiger partial charge is 0.441 e. The normalized spacial score (nSPS) is 20.9. The highest BCUT2D eigenvalue weighted by Gasteiger charge is 2.46. The summed E-state index contributed by atoms with van der Waals surface area (Å²) in [5, 5.41) is 7.16. The Morgan fingerprint density at radius 3 is 2.48 bits per heavy atom. The molecule has 0 aromatic carbocycles. The first-order valence-electron chi connectivity index (χ1n) is 8.65. The topological polar surface area (TPSA) is 92.6 Å². The SMILES string of the molecule is CC(C)[C@@H](NC(=O)N1CCC2(CC1)CN(C)C(=O)O2)c1ncnn1C. The lowest BCUT2D eigenvalue weighted by Gasteiger charge is -2.38. The third-order valence-electron chi connectivity index (χ3n) is 5.07. The van der Waals surface area contributed by atoms with E-state index in [9.17, 15) is 9.59 Å². The van der Waals surface area contributed by atoms with E-state index in [0.717, 1.165) is 5.82 Å². The summed E-state index contributed by atoms with van der Waals surface area (Å²) >= 11 is 0. The average molecular weight is 350 g/mol. The van der Waals surface area contributed by atoms with Crippen molar-refractivity contribution in [3.63, 3.8) is 0 Å². The molecular formula is C16H26N6O3. The number of amides is 3. The van der Waals surface area contributed by atoms with Gasteiger partial charge in [0.1, 0.15) is 17.8 Å². The summed E-state index contributed by atoms with van der Waals surface area (Å²) in [6, 6.07) is -0.319. The number of rotatable bonds is 3. The van der Waals surface area contributed by atoms with Gasteiger partial charge < -0.3 is 19.9 Å². The van der Waals surface area contributed by atoms with Gasteiger partial charge in [-0.3, -0.25) is 4.68 Å². The third-order valence-corrected chi connectivity index (χ3v) is 5.07. The zero-order valence-electron chi connectivity index (χ0n) is 15.2. The molecule has 2 saturated heterocycles. The van der Waals surface area contributed by atoms with E-state index < -0.39 is 5.60 Å². The predicted octanol–water partition coefficient (Wildman–Crippen LogP) is 1.14. The molecule has 3 heterocycles. The molecule has 1 atom stereocenters. The molecule has 9 heteroatoms. The van der Waals surface area contributed by atoms with E-state index in [-0.39, 0.29) is 24.1 Å². The van der Waals surface area contributed by atoms with Crippen LogP contribution in [0.4, 0.5) is 9.59 Å². The maximum atomic E-state index is 12.7. The maximum absolute atomic E-state index is 12.7. The van der Waals surface area contributed by atoms with Crippen LogP contribution in [0.1, 0.15) is 38.6 Å². The Labute approximate surface area is 147 Å². The fraction of sp³-hybridized carbons (Fsp3) is 0.750. The summed E-state index contributed by atoms with van der Waals surface area (Å²) in [6.45, 7) is 5.80. The molecule has 0 unspecified atom stereocenters. The van der Waals surface area contributed by atoms with Gasteiger partial charge in [0.15, 0.2) is 0 Å². The summed E-state index contributed by atoms with van der Waals surface area (Å²) in [5.74, 6) is 0.926. The number of likely N-dealkylation sites (N-methyl/N-ethyl adjacent to an activating group) is 1. The number of aryl methyl sites for hydroxylation is 1. The van der Waals surface area contributed by atoms with Crippen LogP contribution in [0.3, 0.4) is 0 Å². The van der Waals surface area contributed by atoms with Crippen LogP contribution >= 0.6 is 0 Å². The number of piperidine rings is 1. The first-order chi connectivity index (χ1) is 11.8. The van der Waals surface area contributed by atoms with Crippen molar-refractivity contribution in [2.75, 3.05) is 26.7 Å². The first-order valence-corrected chi connectivity index (χ1v) is 8.65. The predicted molar refractivity (Wildman–Crippen MR) is 89.8 cm³/mol. The van der Waals surface area contributed by atoms with Gasteiger partial charge in [0.25, 0.3) is 0 Å². The standard InChI is InChI=1S/C16H26N6O3/c1-11(2)12(13-17-10-18-21(13)4)19-14(23)22-7-5-16(6-8-22)9-20(3)15(24)25-16/h10-12H,5-9H2,1-4H3,(H,19,23)/t12-/m1/s1. The molecule has 2 aliphatic heterocycles. The quantitative estimate of drug-likeness (QED) is 0.882. The van der Waals surface area contributed by atoms with Crippen LogP contribution in [-0.2, 0) is 11.8 Å². The molecule has 3 rings (SSSR count). The molecule has 3 amide bonds. The van der Waals surface area contributed by atoms with Gasteiger partial charge in [-0.05, 0) is 5.92 Å². The Hall–Kier alpha value is -2.32. The number of likely N-dealkylation sites (tertiary alicyclic amines) is 1. The van der Waals surface area contributed by atoms with E-state index in [1.165, 1.54) is 6.33 Å². The summed E-state index contributed by atoms with van der Waals surface area (Å²) in [4.78, 5) is 32.0. The van der Waals surface area contributed by atoms with E-state index in [1.807, 2.05) is 20.9 Å². The van der Waals surface area contributed by atoms with Crippen molar-refractivity contribution in [3.8, 4) is 0 Å². The molecular weight excluding hydrogens is 324 g/mol. The number of aromatic nitrogens is 3. The van der Waals surface area contributed by atoms with E-state index in [2.05, 4.69) is 15.4 Å². The fourth-order valence-corrected chi connectivity index (χ4v) is 3.51. The van der Waals surface area contributed by atoms with Crippen molar-refractivity contribution in [2.24, 2.45) is 13.0 Å². The fourth-order valence-electron chi connectivity index (χ4n) is 3.51. The van der Waals surface area contributed by atoms with Gasteiger partial charge >= 0.3 is 12.1 Å². The minimum atomic E-state index is -0.441. The van der Waals surface area contributed by atoms with Gasteiger partial charge in [0, 0.05) is 40.0 Å². The second-order valence-corrected chi connectivity index (χ2v) is 7.31. The Morgan fingerprint density at radius 1 is 1.32 bits per heavy atom. The molecule has 1 aromatic heterocycles. The van der Waals surface area contributed by atoms with Crippen molar-refractivity contribution >= 4 is 12.1 Å².